The lowest BCUT2D eigenvalue weighted by atomic mass is 10.1. The highest BCUT2D eigenvalue weighted by atomic mass is 19.4. The van der Waals surface area contributed by atoms with Crippen LogP contribution in [0.25, 0.3) is 5.95 Å². The zero-order valence-corrected chi connectivity index (χ0v) is 14.7. The smallest absolute Gasteiger partial charge is 0.332 e. The number of amides is 1. The summed E-state index contributed by atoms with van der Waals surface area (Å²) in [6, 6.07) is -1.79. The van der Waals surface area contributed by atoms with E-state index in [0.29, 0.717) is 0 Å². The Hall–Kier alpha value is -3.30. The fourth-order valence-electron chi connectivity index (χ4n) is 2.64. The third-order valence-corrected chi connectivity index (χ3v) is 3.97. The van der Waals surface area contributed by atoms with Crippen molar-refractivity contribution in [1.29, 1.82) is 0 Å². The molecule has 0 saturated carbocycles. The zero-order chi connectivity index (χ0) is 21.4. The van der Waals surface area contributed by atoms with Gasteiger partial charge in [0.2, 0.25) is 5.95 Å². The van der Waals surface area contributed by atoms with Crippen LogP contribution in [0.3, 0.4) is 0 Å². The summed E-state index contributed by atoms with van der Waals surface area (Å²) in [6.45, 7) is -0.812. The number of halogens is 6. The maximum Gasteiger partial charge on any atom is 0.457 e. The first-order valence-corrected chi connectivity index (χ1v) is 8.02. The van der Waals surface area contributed by atoms with E-state index in [9.17, 15) is 31.1 Å². The summed E-state index contributed by atoms with van der Waals surface area (Å²) in [7, 11) is 1.25. The lowest BCUT2D eigenvalue weighted by Crippen LogP contribution is -2.53. The van der Waals surface area contributed by atoms with Gasteiger partial charge >= 0.3 is 12.4 Å². The molecule has 0 spiro atoms. The van der Waals surface area contributed by atoms with Crippen LogP contribution in [0.15, 0.2) is 24.9 Å². The van der Waals surface area contributed by atoms with Crippen molar-refractivity contribution in [2.24, 2.45) is 0 Å². The molecular formula is C16H12F6N6O. The summed E-state index contributed by atoms with van der Waals surface area (Å²) < 4.78 is 77.4. The Morgan fingerprint density at radius 1 is 1.21 bits per heavy atom. The van der Waals surface area contributed by atoms with Crippen LogP contribution >= 0.6 is 0 Å². The average Bonchev–Trinajstić information content (AvgIpc) is 3.15. The number of likely N-dealkylation sites (N-methyl/N-ethyl adjacent to an activating group) is 1. The summed E-state index contributed by atoms with van der Waals surface area (Å²) in [6.07, 6.45) is -5.48. The number of carbonyl (C=O) groups is 1. The van der Waals surface area contributed by atoms with Gasteiger partial charge in [0, 0.05) is 31.9 Å². The van der Waals surface area contributed by atoms with E-state index in [4.69, 9.17) is 0 Å². The SMILES string of the molecule is CN1C(=O)C(C#CC(F)(F)F)N(CCC(F)(F)F)c2nc(-n3ccnc3)ncc21. The molecule has 0 saturated heterocycles. The first-order chi connectivity index (χ1) is 13.5. The molecule has 1 aliphatic heterocycles. The first-order valence-electron chi connectivity index (χ1n) is 8.02. The minimum absolute atomic E-state index is 0.0172. The van der Waals surface area contributed by atoms with Gasteiger partial charge in [0.25, 0.3) is 5.91 Å². The van der Waals surface area contributed by atoms with Crippen LogP contribution in [0.1, 0.15) is 6.42 Å². The predicted molar refractivity (Wildman–Crippen MR) is 88.2 cm³/mol. The van der Waals surface area contributed by atoms with Gasteiger partial charge in [-0.3, -0.25) is 9.36 Å². The van der Waals surface area contributed by atoms with Gasteiger partial charge in [-0.25, -0.2) is 9.97 Å². The van der Waals surface area contributed by atoms with Gasteiger partial charge < -0.3 is 9.80 Å². The Labute approximate surface area is 160 Å². The molecule has 3 heterocycles. The molecule has 0 radical (unpaired) electrons. The number of aromatic nitrogens is 4. The molecular weight excluding hydrogens is 406 g/mol. The van der Waals surface area contributed by atoms with E-state index in [2.05, 4.69) is 15.0 Å². The lowest BCUT2D eigenvalue weighted by molar-refractivity contribution is -0.133. The number of hydrogen-bond acceptors (Lipinski definition) is 5. The standard InChI is InChI=1S/C16H12F6N6O/c1-26-11-8-24-14(27-7-5-23-9-27)25-12(11)28(6-4-16(20,21)22)10(13(26)29)2-3-15(17,18)19/h5,7-10H,4,6H2,1H3. The number of nitrogens with zero attached hydrogens (tertiary/aromatic N) is 6. The number of carbonyl (C=O) groups excluding carboxylic acids is 1. The van der Waals surface area contributed by atoms with Gasteiger partial charge in [-0.1, -0.05) is 5.92 Å². The van der Waals surface area contributed by atoms with E-state index in [1.165, 1.54) is 36.5 Å². The van der Waals surface area contributed by atoms with Gasteiger partial charge in [0.15, 0.2) is 11.9 Å². The second-order valence-corrected chi connectivity index (χ2v) is 5.97. The second kappa shape index (κ2) is 7.26. The van der Waals surface area contributed by atoms with Crippen molar-refractivity contribution in [2.75, 3.05) is 23.4 Å². The summed E-state index contributed by atoms with van der Waals surface area (Å²) in [4.78, 5) is 26.3. The Bertz CT molecular complexity index is 959. The molecule has 2 aromatic heterocycles. The van der Waals surface area contributed by atoms with Crippen molar-refractivity contribution in [3.8, 4) is 17.8 Å². The first kappa shape index (κ1) is 20.4. The number of hydrogen-bond donors (Lipinski definition) is 0. The number of imidazole rings is 1. The molecule has 1 unspecified atom stereocenters. The van der Waals surface area contributed by atoms with Crippen LogP contribution in [0, 0.1) is 11.8 Å². The van der Waals surface area contributed by atoms with Crippen molar-refractivity contribution in [2.45, 2.75) is 24.8 Å². The highest BCUT2D eigenvalue weighted by molar-refractivity contribution is 6.06. The van der Waals surface area contributed by atoms with E-state index in [1.807, 2.05) is 0 Å². The third-order valence-electron chi connectivity index (χ3n) is 3.97. The number of anilines is 2. The van der Waals surface area contributed by atoms with Crippen LogP contribution < -0.4 is 9.80 Å². The number of rotatable bonds is 3. The van der Waals surface area contributed by atoms with E-state index in [-0.39, 0.29) is 17.5 Å². The predicted octanol–water partition coefficient (Wildman–Crippen LogP) is 2.33. The average molecular weight is 418 g/mol. The quantitative estimate of drug-likeness (QED) is 0.566. The van der Waals surface area contributed by atoms with Crippen LogP contribution in [0.2, 0.25) is 0 Å². The molecule has 0 bridgehead atoms. The molecule has 1 aliphatic rings. The van der Waals surface area contributed by atoms with Crippen LogP contribution in [0.5, 0.6) is 0 Å². The summed E-state index contributed by atoms with van der Waals surface area (Å²) in [5.41, 5.74) is 0.0473. The summed E-state index contributed by atoms with van der Waals surface area (Å²) in [5, 5.41) is 0. The van der Waals surface area contributed by atoms with Crippen molar-refractivity contribution in [3.05, 3.63) is 24.9 Å². The van der Waals surface area contributed by atoms with Gasteiger partial charge in [-0.2, -0.15) is 31.3 Å². The summed E-state index contributed by atoms with van der Waals surface area (Å²) in [5.74, 6) is 1.65. The minimum Gasteiger partial charge on any atom is -0.332 e. The Morgan fingerprint density at radius 2 is 1.93 bits per heavy atom. The van der Waals surface area contributed by atoms with Gasteiger partial charge in [-0.05, 0) is 0 Å². The third kappa shape index (κ3) is 4.58. The molecule has 3 rings (SSSR count). The maximum absolute atomic E-state index is 12.8. The monoisotopic (exact) mass is 418 g/mol. The van der Waals surface area contributed by atoms with Crippen molar-refractivity contribution < 1.29 is 31.1 Å². The van der Waals surface area contributed by atoms with E-state index < -0.39 is 37.3 Å². The highest BCUT2D eigenvalue weighted by Crippen LogP contribution is 2.35. The maximum atomic E-state index is 12.8. The molecule has 1 atom stereocenters. The summed E-state index contributed by atoms with van der Waals surface area (Å²) >= 11 is 0. The Morgan fingerprint density at radius 3 is 2.52 bits per heavy atom. The fraction of sp³-hybridized carbons (Fsp3) is 0.375. The van der Waals surface area contributed by atoms with Crippen LogP contribution in [-0.4, -0.2) is 57.4 Å². The fourth-order valence-corrected chi connectivity index (χ4v) is 2.64. The van der Waals surface area contributed by atoms with Crippen molar-refractivity contribution in [1.82, 2.24) is 19.5 Å². The Kier molecular flexibility index (Phi) is 5.12. The van der Waals surface area contributed by atoms with Crippen molar-refractivity contribution >= 4 is 17.4 Å². The molecule has 154 valence electrons. The molecule has 0 N–H and O–H groups in total. The van der Waals surface area contributed by atoms with E-state index >= 15 is 0 Å². The van der Waals surface area contributed by atoms with E-state index in [0.717, 1.165) is 15.7 Å². The largest absolute Gasteiger partial charge is 0.457 e. The molecule has 0 fully saturated rings. The number of fused-ring (bicyclic) bond motifs is 1. The molecule has 7 nitrogen and oxygen atoms in total. The van der Waals surface area contributed by atoms with Gasteiger partial charge in [0.1, 0.15) is 12.0 Å². The van der Waals surface area contributed by atoms with Crippen LogP contribution in [0.4, 0.5) is 37.8 Å². The van der Waals surface area contributed by atoms with Gasteiger partial charge in [0.05, 0.1) is 12.6 Å². The van der Waals surface area contributed by atoms with Crippen LogP contribution in [-0.2, 0) is 4.79 Å². The molecule has 29 heavy (non-hydrogen) atoms. The topological polar surface area (TPSA) is 67.2 Å². The van der Waals surface area contributed by atoms with Gasteiger partial charge in [-0.15, -0.1) is 0 Å². The molecule has 13 heteroatoms. The minimum atomic E-state index is -4.91. The lowest BCUT2D eigenvalue weighted by Gasteiger charge is -2.38. The molecule has 2 aromatic rings. The highest BCUT2D eigenvalue weighted by Gasteiger charge is 2.40. The van der Waals surface area contributed by atoms with E-state index in [1.54, 1.807) is 5.92 Å². The Balaban J connectivity index is 2.10. The normalized spacial score (nSPS) is 17.1. The second-order valence-electron chi connectivity index (χ2n) is 5.97. The zero-order valence-electron chi connectivity index (χ0n) is 14.7. The molecule has 1 amide bonds. The molecule has 0 aliphatic carbocycles. The van der Waals surface area contributed by atoms with Crippen molar-refractivity contribution in [3.63, 3.8) is 0 Å². The molecule has 0 aromatic carbocycles. The number of alkyl halides is 6.